The van der Waals surface area contributed by atoms with E-state index in [-0.39, 0.29) is 18.6 Å². The molecule has 0 spiro atoms. The summed E-state index contributed by atoms with van der Waals surface area (Å²) in [7, 11) is 0. The zero-order valence-corrected chi connectivity index (χ0v) is 15.3. The summed E-state index contributed by atoms with van der Waals surface area (Å²) >= 11 is 7.60. The Balaban J connectivity index is 1.70. The van der Waals surface area contributed by atoms with Crippen molar-refractivity contribution < 1.29 is 14.7 Å². The molecule has 1 unspecified atom stereocenters. The minimum atomic E-state index is -1.00. The summed E-state index contributed by atoms with van der Waals surface area (Å²) in [4.78, 5) is 28.4. The summed E-state index contributed by atoms with van der Waals surface area (Å²) in [5.74, 6) is -2.00. The van der Waals surface area contributed by atoms with Gasteiger partial charge in [-0.3, -0.25) is 9.59 Å². The molecule has 2 aromatic carbocycles. The molecule has 3 aromatic rings. The highest BCUT2D eigenvalue weighted by Crippen LogP contribution is 2.30. The quantitative estimate of drug-likeness (QED) is 0.632. The predicted molar refractivity (Wildman–Crippen MR) is 103 cm³/mol. The molecule has 6 heteroatoms. The largest absolute Gasteiger partial charge is 0.481 e. The minimum Gasteiger partial charge on any atom is -0.481 e. The van der Waals surface area contributed by atoms with Crippen molar-refractivity contribution in [3.8, 4) is 10.6 Å². The summed E-state index contributed by atoms with van der Waals surface area (Å²) in [6.07, 6.45) is 0.0515. The fourth-order valence-corrected chi connectivity index (χ4v) is 3.82. The van der Waals surface area contributed by atoms with Gasteiger partial charge in [0.25, 0.3) is 0 Å². The second kappa shape index (κ2) is 8.25. The van der Waals surface area contributed by atoms with Crippen LogP contribution in [-0.2, 0) is 16.0 Å². The van der Waals surface area contributed by atoms with Crippen molar-refractivity contribution in [2.24, 2.45) is 0 Å². The maximum Gasteiger partial charge on any atom is 0.311 e. The van der Waals surface area contributed by atoms with E-state index in [1.54, 1.807) is 30.3 Å². The van der Waals surface area contributed by atoms with E-state index >= 15 is 0 Å². The highest BCUT2D eigenvalue weighted by atomic mass is 35.5. The molecule has 0 radical (unpaired) electrons. The number of hydrogen-bond acceptors (Lipinski definition) is 4. The molecular weight excluding hydrogens is 370 g/mol. The van der Waals surface area contributed by atoms with E-state index in [1.165, 1.54) is 11.3 Å². The Bertz CT molecular complexity index is 924. The molecule has 0 aliphatic heterocycles. The SMILES string of the molecule is O=C(Cc1csc(-c2ccccc2Cl)n1)CC(C(=O)O)c1ccccc1. The van der Waals surface area contributed by atoms with Crippen molar-refractivity contribution in [3.63, 3.8) is 0 Å². The van der Waals surface area contributed by atoms with Crippen molar-refractivity contribution in [2.45, 2.75) is 18.8 Å². The number of carbonyl (C=O) groups excluding carboxylic acids is 1. The molecule has 132 valence electrons. The van der Waals surface area contributed by atoms with Crippen LogP contribution in [0.2, 0.25) is 5.02 Å². The van der Waals surface area contributed by atoms with Gasteiger partial charge >= 0.3 is 5.97 Å². The molecule has 0 aliphatic carbocycles. The Kier molecular flexibility index (Phi) is 5.81. The van der Waals surface area contributed by atoms with Gasteiger partial charge in [0.05, 0.1) is 16.6 Å². The standard InChI is InChI=1S/C20H16ClNO3S/c21-18-9-5-4-8-16(18)19-22-14(12-26-19)10-15(23)11-17(20(24)25)13-6-2-1-3-7-13/h1-9,12,17H,10-11H2,(H,24,25). The molecule has 0 aliphatic rings. The van der Waals surface area contributed by atoms with Crippen LogP contribution >= 0.6 is 22.9 Å². The van der Waals surface area contributed by atoms with E-state index in [0.717, 1.165) is 10.6 Å². The Morgan fingerprint density at radius 2 is 1.77 bits per heavy atom. The molecule has 1 N–H and O–H groups in total. The number of carbonyl (C=O) groups is 2. The van der Waals surface area contributed by atoms with Crippen molar-refractivity contribution in [1.29, 1.82) is 0 Å². The first-order valence-corrected chi connectivity index (χ1v) is 9.29. The molecule has 1 heterocycles. The lowest BCUT2D eigenvalue weighted by atomic mass is 9.93. The summed E-state index contributed by atoms with van der Waals surface area (Å²) in [5, 5.41) is 12.6. The van der Waals surface area contributed by atoms with Gasteiger partial charge in [-0.2, -0.15) is 0 Å². The number of carboxylic acid groups (broad SMARTS) is 1. The van der Waals surface area contributed by atoms with Crippen molar-refractivity contribution in [1.82, 2.24) is 4.98 Å². The van der Waals surface area contributed by atoms with Crippen LogP contribution in [0.5, 0.6) is 0 Å². The normalized spacial score (nSPS) is 11.9. The smallest absolute Gasteiger partial charge is 0.311 e. The molecule has 1 atom stereocenters. The van der Waals surface area contributed by atoms with E-state index in [4.69, 9.17) is 11.6 Å². The average Bonchev–Trinajstić information content (AvgIpc) is 3.08. The fourth-order valence-electron chi connectivity index (χ4n) is 2.68. The number of thiazole rings is 1. The van der Waals surface area contributed by atoms with E-state index < -0.39 is 11.9 Å². The van der Waals surface area contributed by atoms with Crippen LogP contribution in [0.1, 0.15) is 23.6 Å². The monoisotopic (exact) mass is 385 g/mol. The third-order valence-corrected chi connectivity index (χ3v) is 5.22. The molecule has 26 heavy (non-hydrogen) atoms. The first kappa shape index (κ1) is 18.3. The second-order valence-electron chi connectivity index (χ2n) is 5.84. The maximum absolute atomic E-state index is 12.4. The number of benzene rings is 2. The Morgan fingerprint density at radius 1 is 1.08 bits per heavy atom. The molecule has 3 rings (SSSR count). The van der Waals surface area contributed by atoms with Gasteiger partial charge in [0.2, 0.25) is 0 Å². The number of nitrogens with zero attached hydrogens (tertiary/aromatic N) is 1. The molecule has 0 saturated carbocycles. The van der Waals surface area contributed by atoms with Crippen molar-refractivity contribution >= 4 is 34.7 Å². The lowest BCUT2D eigenvalue weighted by Gasteiger charge is -2.11. The van der Waals surface area contributed by atoms with E-state index in [9.17, 15) is 14.7 Å². The van der Waals surface area contributed by atoms with E-state index in [0.29, 0.717) is 16.3 Å². The Morgan fingerprint density at radius 3 is 2.46 bits per heavy atom. The molecular formula is C20H16ClNO3S. The molecule has 1 aromatic heterocycles. The number of rotatable bonds is 7. The number of hydrogen-bond donors (Lipinski definition) is 1. The number of aliphatic carboxylic acids is 1. The van der Waals surface area contributed by atoms with E-state index in [2.05, 4.69) is 4.98 Å². The predicted octanol–water partition coefficient (Wildman–Crippen LogP) is 4.83. The number of aromatic nitrogens is 1. The summed E-state index contributed by atoms with van der Waals surface area (Å²) in [6, 6.07) is 16.2. The first-order chi connectivity index (χ1) is 12.5. The fraction of sp³-hybridized carbons (Fsp3) is 0.150. The van der Waals surface area contributed by atoms with E-state index in [1.807, 2.05) is 29.6 Å². The lowest BCUT2D eigenvalue weighted by molar-refractivity contribution is -0.140. The molecule has 4 nitrogen and oxygen atoms in total. The Labute approximate surface area is 160 Å². The van der Waals surface area contributed by atoms with Crippen molar-refractivity contribution in [3.05, 3.63) is 76.3 Å². The average molecular weight is 386 g/mol. The van der Waals surface area contributed by atoms with Crippen LogP contribution < -0.4 is 0 Å². The highest BCUT2D eigenvalue weighted by molar-refractivity contribution is 7.13. The number of halogens is 1. The lowest BCUT2D eigenvalue weighted by Crippen LogP contribution is -2.17. The van der Waals surface area contributed by atoms with Crippen LogP contribution in [0.25, 0.3) is 10.6 Å². The summed E-state index contributed by atoms with van der Waals surface area (Å²) < 4.78 is 0. The maximum atomic E-state index is 12.4. The molecule has 0 bridgehead atoms. The van der Waals surface area contributed by atoms with Gasteiger partial charge in [-0.25, -0.2) is 4.98 Å². The molecule has 0 fully saturated rings. The van der Waals surface area contributed by atoms with Crippen LogP contribution in [0.3, 0.4) is 0 Å². The minimum absolute atomic E-state index is 0.0572. The number of carboxylic acids is 1. The van der Waals surface area contributed by atoms with Gasteiger partial charge < -0.3 is 5.11 Å². The molecule has 0 amide bonds. The van der Waals surface area contributed by atoms with Gasteiger partial charge in [-0.05, 0) is 11.6 Å². The third-order valence-electron chi connectivity index (χ3n) is 3.97. The first-order valence-electron chi connectivity index (χ1n) is 8.03. The zero-order chi connectivity index (χ0) is 18.5. The van der Waals surface area contributed by atoms with Gasteiger partial charge in [-0.15, -0.1) is 11.3 Å². The van der Waals surface area contributed by atoms with Gasteiger partial charge in [0.1, 0.15) is 10.8 Å². The second-order valence-corrected chi connectivity index (χ2v) is 7.11. The Hall–Kier alpha value is -2.50. The number of Topliss-reactive ketones (excluding diaryl/α,β-unsaturated/α-hetero) is 1. The van der Waals surface area contributed by atoms with Crippen LogP contribution in [0.15, 0.2) is 60.0 Å². The molecule has 0 saturated heterocycles. The highest BCUT2D eigenvalue weighted by Gasteiger charge is 2.23. The third kappa shape index (κ3) is 4.36. The van der Waals surface area contributed by atoms with Gasteiger partial charge in [0, 0.05) is 23.8 Å². The zero-order valence-electron chi connectivity index (χ0n) is 13.8. The van der Waals surface area contributed by atoms with Gasteiger partial charge in [-0.1, -0.05) is 60.1 Å². The van der Waals surface area contributed by atoms with Crippen LogP contribution in [0, 0.1) is 0 Å². The van der Waals surface area contributed by atoms with Gasteiger partial charge in [0.15, 0.2) is 0 Å². The number of ketones is 1. The summed E-state index contributed by atoms with van der Waals surface area (Å²) in [6.45, 7) is 0. The summed E-state index contributed by atoms with van der Waals surface area (Å²) in [5.41, 5.74) is 2.08. The van der Waals surface area contributed by atoms with Crippen molar-refractivity contribution in [2.75, 3.05) is 0 Å². The topological polar surface area (TPSA) is 67.3 Å². The van der Waals surface area contributed by atoms with Crippen LogP contribution in [0.4, 0.5) is 0 Å². The van der Waals surface area contributed by atoms with Crippen LogP contribution in [-0.4, -0.2) is 21.8 Å².